The second-order valence-corrected chi connectivity index (χ2v) is 3.60. The van der Waals surface area contributed by atoms with Gasteiger partial charge in [-0.15, -0.1) is 0 Å². The Bertz CT molecular complexity index is 301. The second-order valence-electron chi connectivity index (χ2n) is 3.60. The molecule has 0 bridgehead atoms. The van der Waals surface area contributed by atoms with Crippen molar-refractivity contribution in [3.8, 4) is 0 Å². The monoisotopic (exact) mass is 208 g/mol. The molecule has 0 aliphatic rings. The number of carbonyl (C=O) groups is 1. The number of pyridine rings is 1. The van der Waals surface area contributed by atoms with Crippen LogP contribution in [0.2, 0.25) is 0 Å². The molecular weight excluding hydrogens is 192 g/mol. The fourth-order valence-corrected chi connectivity index (χ4v) is 1.38. The Labute approximate surface area is 89.6 Å². The lowest BCUT2D eigenvalue weighted by Crippen LogP contribution is -2.19. The van der Waals surface area contributed by atoms with E-state index in [1.807, 2.05) is 25.4 Å². The van der Waals surface area contributed by atoms with Gasteiger partial charge in [-0.2, -0.15) is 0 Å². The largest absolute Gasteiger partial charge is 0.481 e. The number of carboxylic acids is 1. The van der Waals surface area contributed by atoms with Crippen molar-refractivity contribution >= 4 is 5.97 Å². The highest BCUT2D eigenvalue weighted by Crippen LogP contribution is 2.02. The lowest BCUT2D eigenvalue weighted by atomic mass is 10.2. The molecule has 0 atom stereocenters. The van der Waals surface area contributed by atoms with Gasteiger partial charge < -0.3 is 10.0 Å². The smallest absolute Gasteiger partial charge is 0.303 e. The number of nitrogens with zero attached hydrogens (tertiary/aromatic N) is 2. The molecule has 0 fully saturated rings. The molecule has 0 aromatic carbocycles. The zero-order valence-electron chi connectivity index (χ0n) is 8.89. The van der Waals surface area contributed by atoms with Crippen molar-refractivity contribution in [1.82, 2.24) is 9.88 Å². The molecule has 1 rings (SSSR count). The van der Waals surface area contributed by atoms with Crippen LogP contribution in [0.5, 0.6) is 0 Å². The first-order valence-corrected chi connectivity index (χ1v) is 4.97. The van der Waals surface area contributed by atoms with Crippen molar-refractivity contribution < 1.29 is 9.90 Å². The average Bonchev–Trinajstić information content (AvgIpc) is 2.18. The minimum Gasteiger partial charge on any atom is -0.481 e. The van der Waals surface area contributed by atoms with Crippen molar-refractivity contribution in [3.63, 3.8) is 0 Å². The molecule has 4 nitrogen and oxygen atoms in total. The van der Waals surface area contributed by atoms with Gasteiger partial charge in [0.1, 0.15) is 0 Å². The quantitative estimate of drug-likeness (QED) is 0.767. The molecule has 1 aromatic heterocycles. The van der Waals surface area contributed by atoms with E-state index in [9.17, 15) is 4.79 Å². The molecule has 0 saturated carbocycles. The summed E-state index contributed by atoms with van der Waals surface area (Å²) in [6.45, 7) is 1.61. The summed E-state index contributed by atoms with van der Waals surface area (Å²) in [6.07, 6.45) is 4.49. The molecule has 0 aliphatic heterocycles. The summed E-state index contributed by atoms with van der Waals surface area (Å²) in [7, 11) is 1.98. The van der Waals surface area contributed by atoms with Crippen molar-refractivity contribution in [2.24, 2.45) is 0 Å². The molecule has 15 heavy (non-hydrogen) atoms. The molecule has 0 spiro atoms. The van der Waals surface area contributed by atoms with Crippen LogP contribution in [0.1, 0.15) is 18.4 Å². The molecule has 0 saturated heterocycles. The van der Waals surface area contributed by atoms with Crippen LogP contribution >= 0.6 is 0 Å². The highest BCUT2D eigenvalue weighted by Gasteiger charge is 2.02. The maximum atomic E-state index is 10.3. The summed E-state index contributed by atoms with van der Waals surface area (Å²) in [5, 5.41) is 8.49. The van der Waals surface area contributed by atoms with Crippen LogP contribution in [0.4, 0.5) is 0 Å². The van der Waals surface area contributed by atoms with Crippen molar-refractivity contribution in [2.75, 3.05) is 13.6 Å². The van der Waals surface area contributed by atoms with Gasteiger partial charge in [-0.05, 0) is 31.6 Å². The van der Waals surface area contributed by atoms with E-state index in [1.165, 1.54) is 0 Å². The van der Waals surface area contributed by atoms with Gasteiger partial charge >= 0.3 is 5.97 Å². The lowest BCUT2D eigenvalue weighted by molar-refractivity contribution is -0.137. The standard InChI is InChI=1S/C11H16N2O2/c1-13(7-3-5-11(14)15)9-10-4-2-6-12-8-10/h2,4,6,8H,3,5,7,9H2,1H3,(H,14,15). The SMILES string of the molecule is CN(CCCC(=O)O)Cc1cccnc1. The number of rotatable bonds is 6. The Kier molecular flexibility index (Phi) is 4.77. The van der Waals surface area contributed by atoms with Crippen LogP contribution in [-0.2, 0) is 11.3 Å². The first kappa shape index (κ1) is 11.7. The molecule has 0 aliphatic carbocycles. The normalized spacial score (nSPS) is 10.5. The number of aromatic nitrogens is 1. The zero-order valence-corrected chi connectivity index (χ0v) is 8.89. The molecule has 82 valence electrons. The van der Waals surface area contributed by atoms with Crippen LogP contribution < -0.4 is 0 Å². The van der Waals surface area contributed by atoms with Crippen LogP contribution in [0.3, 0.4) is 0 Å². The fourth-order valence-electron chi connectivity index (χ4n) is 1.38. The van der Waals surface area contributed by atoms with Gasteiger partial charge in [0, 0.05) is 25.4 Å². The second kappa shape index (κ2) is 6.14. The Morgan fingerprint density at radius 2 is 2.40 bits per heavy atom. The zero-order chi connectivity index (χ0) is 11.1. The minimum absolute atomic E-state index is 0.234. The van der Waals surface area contributed by atoms with Gasteiger partial charge in [0.25, 0.3) is 0 Å². The van der Waals surface area contributed by atoms with Crippen LogP contribution in [0.25, 0.3) is 0 Å². The summed E-state index contributed by atoms with van der Waals surface area (Å²) in [4.78, 5) is 16.4. The van der Waals surface area contributed by atoms with E-state index in [-0.39, 0.29) is 6.42 Å². The summed E-state index contributed by atoms with van der Waals surface area (Å²) in [5.74, 6) is -0.732. The molecule has 0 amide bonds. The predicted octanol–water partition coefficient (Wildman–Crippen LogP) is 1.38. The van der Waals surface area contributed by atoms with E-state index in [2.05, 4.69) is 9.88 Å². The Morgan fingerprint density at radius 1 is 1.60 bits per heavy atom. The van der Waals surface area contributed by atoms with E-state index in [4.69, 9.17) is 5.11 Å². The molecule has 1 heterocycles. The molecule has 0 unspecified atom stereocenters. The molecule has 1 N–H and O–H groups in total. The maximum absolute atomic E-state index is 10.3. The third kappa shape index (κ3) is 5.12. The van der Waals surface area contributed by atoms with Crippen LogP contribution in [0, 0.1) is 0 Å². The number of carboxylic acid groups (broad SMARTS) is 1. The van der Waals surface area contributed by atoms with E-state index in [1.54, 1.807) is 6.20 Å². The first-order valence-electron chi connectivity index (χ1n) is 4.97. The number of hydrogen-bond donors (Lipinski definition) is 1. The van der Waals surface area contributed by atoms with E-state index in [0.717, 1.165) is 18.7 Å². The first-order chi connectivity index (χ1) is 7.18. The fraction of sp³-hybridized carbons (Fsp3) is 0.455. The summed E-state index contributed by atoms with van der Waals surface area (Å²) in [5.41, 5.74) is 1.15. The van der Waals surface area contributed by atoms with Crippen molar-refractivity contribution in [2.45, 2.75) is 19.4 Å². The van der Waals surface area contributed by atoms with Gasteiger partial charge in [0.15, 0.2) is 0 Å². The molecule has 4 heteroatoms. The maximum Gasteiger partial charge on any atom is 0.303 e. The third-order valence-corrected chi connectivity index (χ3v) is 2.11. The van der Waals surface area contributed by atoms with Gasteiger partial charge in [0.2, 0.25) is 0 Å². The van der Waals surface area contributed by atoms with E-state index in [0.29, 0.717) is 6.42 Å². The van der Waals surface area contributed by atoms with Gasteiger partial charge in [-0.1, -0.05) is 6.07 Å². The highest BCUT2D eigenvalue weighted by molar-refractivity contribution is 5.66. The minimum atomic E-state index is -0.732. The third-order valence-electron chi connectivity index (χ3n) is 2.11. The average molecular weight is 208 g/mol. The molecule has 0 radical (unpaired) electrons. The Hall–Kier alpha value is -1.42. The van der Waals surface area contributed by atoms with Gasteiger partial charge in [-0.25, -0.2) is 0 Å². The topological polar surface area (TPSA) is 53.4 Å². The van der Waals surface area contributed by atoms with Crippen LogP contribution in [-0.4, -0.2) is 34.6 Å². The van der Waals surface area contributed by atoms with Gasteiger partial charge in [-0.3, -0.25) is 9.78 Å². The summed E-state index contributed by atoms with van der Waals surface area (Å²) >= 11 is 0. The lowest BCUT2D eigenvalue weighted by Gasteiger charge is -2.15. The number of aliphatic carboxylic acids is 1. The predicted molar refractivity (Wildman–Crippen MR) is 57.4 cm³/mol. The Balaban J connectivity index is 2.24. The van der Waals surface area contributed by atoms with Crippen LogP contribution in [0.15, 0.2) is 24.5 Å². The van der Waals surface area contributed by atoms with E-state index < -0.39 is 5.97 Å². The van der Waals surface area contributed by atoms with Crippen molar-refractivity contribution in [1.29, 1.82) is 0 Å². The summed E-state index contributed by atoms with van der Waals surface area (Å²) < 4.78 is 0. The summed E-state index contributed by atoms with van der Waals surface area (Å²) in [6, 6.07) is 3.92. The molecular formula is C11H16N2O2. The number of hydrogen-bond acceptors (Lipinski definition) is 3. The van der Waals surface area contributed by atoms with Gasteiger partial charge in [0.05, 0.1) is 0 Å². The molecule has 1 aromatic rings. The van der Waals surface area contributed by atoms with E-state index >= 15 is 0 Å². The highest BCUT2D eigenvalue weighted by atomic mass is 16.4. The van der Waals surface area contributed by atoms with Crippen molar-refractivity contribution in [3.05, 3.63) is 30.1 Å². The Morgan fingerprint density at radius 3 is 3.00 bits per heavy atom.